The molecule has 2 amide bonds. The quantitative estimate of drug-likeness (QED) is 0.581. The summed E-state index contributed by atoms with van der Waals surface area (Å²) in [7, 11) is 0. The predicted octanol–water partition coefficient (Wildman–Crippen LogP) is 2.28. The molecule has 2 atom stereocenters. The molecule has 0 saturated carbocycles. The minimum Gasteiger partial charge on any atom is -0.392 e. The molecule has 1 aromatic carbocycles. The van der Waals surface area contributed by atoms with E-state index in [1.807, 2.05) is 0 Å². The van der Waals surface area contributed by atoms with E-state index in [1.165, 1.54) is 6.08 Å². The number of benzene rings is 1. The van der Waals surface area contributed by atoms with E-state index < -0.39 is 6.10 Å². The zero-order valence-corrected chi connectivity index (χ0v) is 19.6. The minimum atomic E-state index is -0.553. The Morgan fingerprint density at radius 2 is 2.00 bits per heavy atom. The third-order valence-corrected chi connectivity index (χ3v) is 6.68. The van der Waals surface area contributed by atoms with Crippen LogP contribution in [0.1, 0.15) is 31.2 Å². The van der Waals surface area contributed by atoms with E-state index in [9.17, 15) is 19.8 Å². The van der Waals surface area contributed by atoms with Crippen molar-refractivity contribution in [2.45, 2.75) is 37.9 Å². The third-order valence-electron chi connectivity index (χ3n) is 5.94. The Morgan fingerprint density at radius 1 is 1.19 bits per heavy atom. The molecule has 0 aromatic heterocycles. The molecule has 176 valence electrons. The van der Waals surface area contributed by atoms with Gasteiger partial charge in [0.2, 0.25) is 11.8 Å². The van der Waals surface area contributed by atoms with Gasteiger partial charge in [0.1, 0.15) is 0 Å². The number of carbonyl (C=O) groups is 2. The van der Waals surface area contributed by atoms with Crippen LogP contribution in [-0.2, 0) is 9.59 Å². The van der Waals surface area contributed by atoms with Gasteiger partial charge in [-0.1, -0.05) is 29.3 Å². The van der Waals surface area contributed by atoms with Gasteiger partial charge in [0, 0.05) is 51.8 Å². The lowest BCUT2D eigenvalue weighted by Gasteiger charge is -2.32. The molecule has 1 aromatic rings. The summed E-state index contributed by atoms with van der Waals surface area (Å²) in [6, 6.07) is 5.15. The van der Waals surface area contributed by atoms with Crippen molar-refractivity contribution in [3.8, 4) is 0 Å². The SMILES string of the molecule is O=C(/C=C/c1ccc(Cl)c(Cl)c1)N1CCC(=O)N(CCC(O)CN2CCCC(O)C2)CC1. The van der Waals surface area contributed by atoms with E-state index in [2.05, 4.69) is 4.90 Å². The van der Waals surface area contributed by atoms with Crippen molar-refractivity contribution in [1.82, 2.24) is 14.7 Å². The summed E-state index contributed by atoms with van der Waals surface area (Å²) in [6.07, 6.45) is 4.78. The van der Waals surface area contributed by atoms with Gasteiger partial charge in [0.15, 0.2) is 0 Å². The fourth-order valence-corrected chi connectivity index (χ4v) is 4.41. The number of hydrogen-bond acceptors (Lipinski definition) is 5. The number of piperidine rings is 1. The molecule has 0 spiro atoms. The summed E-state index contributed by atoms with van der Waals surface area (Å²) in [4.78, 5) is 30.5. The van der Waals surface area contributed by atoms with Gasteiger partial charge in [-0.25, -0.2) is 0 Å². The Balaban J connectivity index is 1.46. The molecule has 2 fully saturated rings. The fourth-order valence-electron chi connectivity index (χ4n) is 4.10. The lowest BCUT2D eigenvalue weighted by atomic mass is 10.1. The molecule has 0 radical (unpaired) electrons. The summed E-state index contributed by atoms with van der Waals surface area (Å²) in [6.45, 7) is 3.69. The average Bonchev–Trinajstić information content (AvgIpc) is 2.94. The van der Waals surface area contributed by atoms with Gasteiger partial charge in [-0.05, 0) is 49.6 Å². The van der Waals surface area contributed by atoms with E-state index >= 15 is 0 Å². The van der Waals surface area contributed by atoms with Crippen LogP contribution in [0.4, 0.5) is 0 Å². The lowest BCUT2D eigenvalue weighted by Crippen LogP contribution is -2.43. The molecule has 9 heteroatoms. The predicted molar refractivity (Wildman–Crippen MR) is 126 cm³/mol. The normalized spacial score (nSPS) is 21.8. The number of aliphatic hydroxyl groups is 2. The smallest absolute Gasteiger partial charge is 0.246 e. The van der Waals surface area contributed by atoms with Crippen LogP contribution in [0.3, 0.4) is 0 Å². The number of hydrogen-bond donors (Lipinski definition) is 2. The molecular weight excluding hydrogens is 453 g/mol. The average molecular weight is 484 g/mol. The molecule has 2 aliphatic heterocycles. The summed E-state index contributed by atoms with van der Waals surface area (Å²) in [5.41, 5.74) is 0.774. The highest BCUT2D eigenvalue weighted by atomic mass is 35.5. The Labute approximate surface area is 199 Å². The third kappa shape index (κ3) is 7.46. The van der Waals surface area contributed by atoms with Gasteiger partial charge in [-0.3, -0.25) is 14.5 Å². The van der Waals surface area contributed by atoms with Crippen molar-refractivity contribution in [3.63, 3.8) is 0 Å². The number of nitrogens with zero attached hydrogens (tertiary/aromatic N) is 3. The second-order valence-corrected chi connectivity index (χ2v) is 9.28. The van der Waals surface area contributed by atoms with E-state index in [4.69, 9.17) is 23.2 Å². The van der Waals surface area contributed by atoms with Crippen LogP contribution in [0.2, 0.25) is 10.0 Å². The summed E-state index contributed by atoms with van der Waals surface area (Å²) in [5.74, 6) is -0.163. The summed E-state index contributed by atoms with van der Waals surface area (Å²) >= 11 is 11.9. The zero-order chi connectivity index (χ0) is 23.1. The van der Waals surface area contributed by atoms with Crippen molar-refractivity contribution in [1.29, 1.82) is 0 Å². The second-order valence-electron chi connectivity index (χ2n) is 8.46. The number of β-amino-alcohol motifs (C(OH)–C–C–N with tert-alkyl or cyclic N) is 2. The van der Waals surface area contributed by atoms with E-state index in [-0.39, 0.29) is 24.3 Å². The second kappa shape index (κ2) is 12.0. The Hall–Kier alpha value is -1.64. The topological polar surface area (TPSA) is 84.3 Å². The van der Waals surface area contributed by atoms with Crippen LogP contribution in [-0.4, -0.2) is 94.7 Å². The molecule has 2 N–H and O–H groups in total. The van der Waals surface area contributed by atoms with Crippen molar-refractivity contribution in [2.24, 2.45) is 0 Å². The van der Waals surface area contributed by atoms with Crippen LogP contribution in [0, 0.1) is 0 Å². The summed E-state index contributed by atoms with van der Waals surface area (Å²) in [5, 5.41) is 21.0. The number of carbonyl (C=O) groups excluding carboxylic acids is 2. The Kier molecular flexibility index (Phi) is 9.37. The molecule has 2 unspecified atom stereocenters. The Morgan fingerprint density at radius 3 is 2.75 bits per heavy atom. The van der Waals surface area contributed by atoms with E-state index in [1.54, 1.807) is 34.1 Å². The van der Waals surface area contributed by atoms with Gasteiger partial charge >= 0.3 is 0 Å². The van der Waals surface area contributed by atoms with Crippen LogP contribution in [0.25, 0.3) is 6.08 Å². The van der Waals surface area contributed by atoms with Crippen LogP contribution >= 0.6 is 23.2 Å². The van der Waals surface area contributed by atoms with Gasteiger partial charge in [0.05, 0.1) is 22.3 Å². The van der Waals surface area contributed by atoms with Crippen LogP contribution in [0.15, 0.2) is 24.3 Å². The van der Waals surface area contributed by atoms with Gasteiger partial charge in [-0.15, -0.1) is 0 Å². The first kappa shape index (κ1) is 25.0. The van der Waals surface area contributed by atoms with Gasteiger partial charge < -0.3 is 20.0 Å². The largest absolute Gasteiger partial charge is 0.392 e. The molecule has 3 rings (SSSR count). The van der Waals surface area contributed by atoms with Gasteiger partial charge in [-0.2, -0.15) is 0 Å². The van der Waals surface area contributed by atoms with Crippen molar-refractivity contribution < 1.29 is 19.8 Å². The number of rotatable bonds is 7. The molecule has 0 bridgehead atoms. The number of aliphatic hydroxyl groups excluding tert-OH is 2. The maximum Gasteiger partial charge on any atom is 0.246 e. The zero-order valence-electron chi connectivity index (χ0n) is 18.1. The molecule has 2 aliphatic rings. The van der Waals surface area contributed by atoms with E-state index in [0.29, 0.717) is 55.7 Å². The molecule has 0 aliphatic carbocycles. The standard InChI is InChI=1S/C23H31Cl2N3O4/c24-20-5-3-17(14-21(20)25)4-6-22(31)28-11-8-23(32)27(12-13-28)10-7-19(30)16-26-9-1-2-18(29)15-26/h3-6,14,18-19,29-30H,1-2,7-13,15-16H2/b6-4+. The molecule has 2 heterocycles. The maximum absolute atomic E-state index is 12.6. The first-order valence-corrected chi connectivity index (χ1v) is 11.9. The highest BCUT2D eigenvalue weighted by Gasteiger charge is 2.24. The highest BCUT2D eigenvalue weighted by Crippen LogP contribution is 2.23. The van der Waals surface area contributed by atoms with Crippen molar-refractivity contribution in [3.05, 3.63) is 39.9 Å². The van der Waals surface area contributed by atoms with Crippen LogP contribution in [0.5, 0.6) is 0 Å². The monoisotopic (exact) mass is 483 g/mol. The van der Waals surface area contributed by atoms with Crippen molar-refractivity contribution >= 4 is 41.1 Å². The maximum atomic E-state index is 12.6. The number of halogens is 2. The van der Waals surface area contributed by atoms with Crippen molar-refractivity contribution in [2.75, 3.05) is 45.8 Å². The first-order valence-electron chi connectivity index (χ1n) is 11.1. The van der Waals surface area contributed by atoms with E-state index in [0.717, 1.165) is 24.9 Å². The van der Waals surface area contributed by atoms with Crippen LogP contribution < -0.4 is 0 Å². The number of amides is 2. The van der Waals surface area contributed by atoms with Gasteiger partial charge in [0.25, 0.3) is 0 Å². The molecule has 7 nitrogen and oxygen atoms in total. The fraction of sp³-hybridized carbons (Fsp3) is 0.565. The molecular formula is C23H31Cl2N3O4. The minimum absolute atomic E-state index is 0.00522. The molecule has 2 saturated heterocycles. The highest BCUT2D eigenvalue weighted by molar-refractivity contribution is 6.42. The summed E-state index contributed by atoms with van der Waals surface area (Å²) < 4.78 is 0. The lowest BCUT2D eigenvalue weighted by molar-refractivity contribution is -0.130. The Bertz CT molecular complexity index is 835. The first-order chi connectivity index (χ1) is 15.3. The molecule has 32 heavy (non-hydrogen) atoms. The number of likely N-dealkylation sites (tertiary alicyclic amines) is 1.